The van der Waals surface area contributed by atoms with E-state index in [0.29, 0.717) is 12.3 Å². The van der Waals surface area contributed by atoms with Gasteiger partial charge in [0.25, 0.3) is 0 Å². The van der Waals surface area contributed by atoms with Crippen molar-refractivity contribution >= 4 is 5.84 Å². The van der Waals surface area contributed by atoms with Gasteiger partial charge in [0.2, 0.25) is 0 Å². The summed E-state index contributed by atoms with van der Waals surface area (Å²) in [4.78, 5) is 6.57. The molecule has 0 spiro atoms. The molecule has 1 fully saturated rings. The second-order valence-corrected chi connectivity index (χ2v) is 5.39. The van der Waals surface area contributed by atoms with Crippen LogP contribution in [0.2, 0.25) is 0 Å². The number of nitrogens with zero attached hydrogens (tertiary/aromatic N) is 4. The van der Waals surface area contributed by atoms with Gasteiger partial charge >= 0.3 is 0 Å². The van der Waals surface area contributed by atoms with E-state index in [9.17, 15) is 0 Å². The highest BCUT2D eigenvalue weighted by molar-refractivity contribution is 5.80. The van der Waals surface area contributed by atoms with E-state index < -0.39 is 0 Å². The van der Waals surface area contributed by atoms with Crippen molar-refractivity contribution in [3.8, 4) is 0 Å². The molecule has 0 unspecified atom stereocenters. The lowest BCUT2D eigenvalue weighted by molar-refractivity contribution is 0.249. The molecule has 6 nitrogen and oxygen atoms in total. The van der Waals surface area contributed by atoms with E-state index in [-0.39, 0.29) is 5.41 Å². The van der Waals surface area contributed by atoms with E-state index in [4.69, 9.17) is 10.9 Å². The number of aryl methyl sites for hydroxylation is 1. The Morgan fingerprint density at radius 2 is 2.39 bits per heavy atom. The summed E-state index contributed by atoms with van der Waals surface area (Å²) in [6, 6.07) is 0. The summed E-state index contributed by atoms with van der Waals surface area (Å²) in [5.41, 5.74) is 5.80. The fourth-order valence-corrected chi connectivity index (χ4v) is 2.41. The molecule has 1 aliphatic rings. The highest BCUT2D eigenvalue weighted by Gasteiger charge is 2.44. The van der Waals surface area contributed by atoms with Crippen molar-refractivity contribution in [1.82, 2.24) is 14.5 Å². The number of hydrogen-bond acceptors (Lipinski definition) is 4. The zero-order valence-electron chi connectivity index (χ0n) is 11.0. The van der Waals surface area contributed by atoms with Crippen LogP contribution >= 0.6 is 0 Å². The maximum absolute atomic E-state index is 8.64. The van der Waals surface area contributed by atoms with E-state index in [1.807, 2.05) is 24.0 Å². The lowest BCUT2D eigenvalue weighted by Gasteiger charge is -2.23. The second-order valence-electron chi connectivity index (χ2n) is 5.39. The molecule has 6 heteroatoms. The monoisotopic (exact) mass is 251 g/mol. The molecule has 0 amide bonds. The first kappa shape index (κ1) is 12.9. The predicted molar refractivity (Wildman–Crippen MR) is 69.2 cm³/mol. The fraction of sp³-hybridized carbons (Fsp3) is 0.667. The molecule has 100 valence electrons. The Kier molecular flexibility index (Phi) is 3.56. The van der Waals surface area contributed by atoms with E-state index in [1.165, 1.54) is 0 Å². The lowest BCUT2D eigenvalue weighted by Crippen LogP contribution is -2.30. The highest BCUT2D eigenvalue weighted by atomic mass is 16.4. The summed E-state index contributed by atoms with van der Waals surface area (Å²) >= 11 is 0. The molecule has 0 radical (unpaired) electrons. The van der Waals surface area contributed by atoms with Gasteiger partial charge in [-0.25, -0.2) is 4.98 Å². The first-order valence-corrected chi connectivity index (χ1v) is 6.16. The molecule has 1 aliphatic carbocycles. The molecule has 1 heterocycles. The Balaban J connectivity index is 1.88. The quantitative estimate of drug-likeness (QED) is 0.339. The van der Waals surface area contributed by atoms with Gasteiger partial charge in [0.1, 0.15) is 11.7 Å². The summed E-state index contributed by atoms with van der Waals surface area (Å²) in [6.07, 6.45) is 6.73. The minimum atomic E-state index is 0.205. The Bertz CT molecular complexity index is 435. The van der Waals surface area contributed by atoms with Gasteiger partial charge in [-0.05, 0) is 25.3 Å². The predicted octanol–water partition coefficient (Wildman–Crippen LogP) is 0.769. The van der Waals surface area contributed by atoms with Gasteiger partial charge < -0.3 is 15.5 Å². The summed E-state index contributed by atoms with van der Waals surface area (Å²) < 4.78 is 2.03. The highest BCUT2D eigenvalue weighted by Crippen LogP contribution is 2.49. The van der Waals surface area contributed by atoms with Gasteiger partial charge in [-0.2, -0.15) is 0 Å². The topological polar surface area (TPSA) is 79.7 Å². The Labute approximate surface area is 107 Å². The van der Waals surface area contributed by atoms with Crippen LogP contribution in [0.3, 0.4) is 0 Å². The van der Waals surface area contributed by atoms with Crippen LogP contribution in [0.1, 0.15) is 25.1 Å². The lowest BCUT2D eigenvalue weighted by atomic mass is 10.0. The van der Waals surface area contributed by atoms with Crippen molar-refractivity contribution in [2.24, 2.45) is 23.4 Å². The number of imidazole rings is 1. The first-order chi connectivity index (χ1) is 8.54. The van der Waals surface area contributed by atoms with Crippen LogP contribution in [0.15, 0.2) is 17.5 Å². The van der Waals surface area contributed by atoms with Crippen molar-refractivity contribution in [2.45, 2.75) is 25.8 Å². The molecule has 18 heavy (non-hydrogen) atoms. The average molecular weight is 251 g/mol. The zero-order chi connectivity index (χ0) is 13.2. The second kappa shape index (κ2) is 4.97. The minimum absolute atomic E-state index is 0.205. The minimum Gasteiger partial charge on any atom is -0.409 e. The van der Waals surface area contributed by atoms with Crippen LogP contribution in [0.25, 0.3) is 0 Å². The van der Waals surface area contributed by atoms with Gasteiger partial charge in [-0.15, -0.1) is 0 Å². The van der Waals surface area contributed by atoms with Crippen LogP contribution in [0, 0.1) is 5.41 Å². The van der Waals surface area contributed by atoms with E-state index in [2.05, 4.69) is 22.1 Å². The molecule has 0 saturated heterocycles. The summed E-state index contributed by atoms with van der Waals surface area (Å²) in [5.74, 6) is 1.38. The molecular formula is C12H21N5O. The normalized spacial score (nSPS) is 18.3. The number of nitrogens with two attached hydrogens (primary N) is 1. The van der Waals surface area contributed by atoms with E-state index in [1.54, 1.807) is 0 Å². The van der Waals surface area contributed by atoms with E-state index >= 15 is 0 Å². The standard InChI is InChI=1S/C12H21N5O/c1-16(8-11-14-5-6-17(11)2)9-12(3-4-12)7-10(13)15-18/h5-6,18H,3-4,7-9H2,1-2H3,(H2,13,15). The number of oxime groups is 1. The summed E-state index contributed by atoms with van der Waals surface area (Å²) in [7, 11) is 4.08. The number of rotatable bonds is 6. The first-order valence-electron chi connectivity index (χ1n) is 6.16. The number of amidine groups is 1. The maximum Gasteiger partial charge on any atom is 0.139 e. The van der Waals surface area contributed by atoms with Crippen LogP contribution in [0.4, 0.5) is 0 Å². The van der Waals surface area contributed by atoms with Crippen molar-refractivity contribution < 1.29 is 5.21 Å². The van der Waals surface area contributed by atoms with Crippen LogP contribution in [-0.4, -0.2) is 39.1 Å². The van der Waals surface area contributed by atoms with Crippen molar-refractivity contribution in [2.75, 3.05) is 13.6 Å². The van der Waals surface area contributed by atoms with Crippen LogP contribution < -0.4 is 5.73 Å². The maximum atomic E-state index is 8.64. The van der Waals surface area contributed by atoms with Crippen LogP contribution in [0.5, 0.6) is 0 Å². The molecule has 0 aromatic carbocycles. The summed E-state index contributed by atoms with van der Waals surface area (Å²) in [6.45, 7) is 1.78. The number of aromatic nitrogens is 2. The largest absolute Gasteiger partial charge is 0.409 e. The Morgan fingerprint density at radius 1 is 1.67 bits per heavy atom. The van der Waals surface area contributed by atoms with Gasteiger partial charge in [-0.1, -0.05) is 5.16 Å². The molecule has 1 aromatic rings. The smallest absolute Gasteiger partial charge is 0.139 e. The molecule has 0 atom stereocenters. The average Bonchev–Trinajstić information content (AvgIpc) is 2.94. The molecule has 1 saturated carbocycles. The summed E-state index contributed by atoms with van der Waals surface area (Å²) in [5, 5.41) is 11.7. The van der Waals surface area contributed by atoms with Crippen molar-refractivity contribution in [3.63, 3.8) is 0 Å². The van der Waals surface area contributed by atoms with Gasteiger partial charge in [0.15, 0.2) is 0 Å². The molecule has 3 N–H and O–H groups in total. The third kappa shape index (κ3) is 3.01. The third-order valence-corrected chi connectivity index (χ3v) is 3.58. The fourth-order valence-electron chi connectivity index (χ4n) is 2.41. The molecule has 1 aromatic heterocycles. The number of hydrogen-bond donors (Lipinski definition) is 2. The van der Waals surface area contributed by atoms with Crippen LogP contribution in [-0.2, 0) is 13.6 Å². The van der Waals surface area contributed by atoms with Crippen molar-refractivity contribution in [3.05, 3.63) is 18.2 Å². The third-order valence-electron chi connectivity index (χ3n) is 3.58. The van der Waals surface area contributed by atoms with E-state index in [0.717, 1.165) is 31.8 Å². The van der Waals surface area contributed by atoms with Gasteiger partial charge in [0.05, 0.1) is 6.54 Å². The Morgan fingerprint density at radius 3 is 2.89 bits per heavy atom. The zero-order valence-corrected chi connectivity index (χ0v) is 11.0. The molecule has 0 aliphatic heterocycles. The van der Waals surface area contributed by atoms with Crippen molar-refractivity contribution in [1.29, 1.82) is 0 Å². The van der Waals surface area contributed by atoms with Gasteiger partial charge in [0, 0.05) is 32.4 Å². The molecule has 2 rings (SSSR count). The molecular weight excluding hydrogens is 230 g/mol. The SMILES string of the molecule is CN(Cc1nccn1C)CC1(CC(N)=NO)CC1. The van der Waals surface area contributed by atoms with Gasteiger partial charge in [-0.3, -0.25) is 4.90 Å². The Hall–Kier alpha value is -1.56. The molecule has 0 bridgehead atoms.